The van der Waals surface area contributed by atoms with E-state index in [4.69, 9.17) is 4.74 Å². The van der Waals surface area contributed by atoms with Gasteiger partial charge in [0, 0.05) is 22.0 Å². The molecular formula is C14H14N2O2S. The Balaban J connectivity index is 1.71. The fraction of sp³-hybridized carbons (Fsp3) is 0.214. The quantitative estimate of drug-likeness (QED) is 0.904. The normalized spacial score (nSPS) is 13.4. The number of carbonyl (C=O) groups excluding carboxylic acids is 1. The maximum atomic E-state index is 11.3. The SMILES string of the molecule is Cc1ccc(CNc2ccc3c(c2)NC(=O)CO3)s1. The fourth-order valence-electron chi connectivity index (χ4n) is 1.96. The Kier molecular flexibility index (Phi) is 3.13. The van der Waals surface area contributed by atoms with Crippen LogP contribution in [0.4, 0.5) is 11.4 Å². The van der Waals surface area contributed by atoms with Crippen LogP contribution in [0.5, 0.6) is 5.75 Å². The zero-order valence-electron chi connectivity index (χ0n) is 10.5. The highest BCUT2D eigenvalue weighted by atomic mass is 32.1. The summed E-state index contributed by atoms with van der Waals surface area (Å²) in [5.74, 6) is 0.607. The maximum Gasteiger partial charge on any atom is 0.262 e. The number of rotatable bonds is 3. The summed E-state index contributed by atoms with van der Waals surface area (Å²) in [6, 6.07) is 9.96. The Hall–Kier alpha value is -2.01. The van der Waals surface area contributed by atoms with Crippen molar-refractivity contribution in [3.8, 4) is 5.75 Å². The van der Waals surface area contributed by atoms with Gasteiger partial charge in [0.2, 0.25) is 0 Å². The third kappa shape index (κ3) is 2.71. The number of hydrogen-bond acceptors (Lipinski definition) is 4. The van der Waals surface area contributed by atoms with E-state index >= 15 is 0 Å². The number of carbonyl (C=O) groups is 1. The van der Waals surface area contributed by atoms with Crippen LogP contribution in [0.3, 0.4) is 0 Å². The largest absolute Gasteiger partial charge is 0.482 e. The smallest absolute Gasteiger partial charge is 0.262 e. The molecule has 0 unspecified atom stereocenters. The van der Waals surface area contributed by atoms with Crippen molar-refractivity contribution in [1.82, 2.24) is 0 Å². The summed E-state index contributed by atoms with van der Waals surface area (Å²) in [5.41, 5.74) is 1.69. The predicted molar refractivity (Wildman–Crippen MR) is 76.9 cm³/mol. The molecular weight excluding hydrogens is 260 g/mol. The second-order valence-electron chi connectivity index (χ2n) is 4.41. The molecule has 0 saturated heterocycles. The summed E-state index contributed by atoms with van der Waals surface area (Å²) < 4.78 is 5.32. The monoisotopic (exact) mass is 274 g/mol. The number of thiophene rings is 1. The Labute approximate surface area is 115 Å². The summed E-state index contributed by atoms with van der Waals surface area (Å²) >= 11 is 1.78. The molecule has 1 aliphatic rings. The molecule has 1 aliphatic heterocycles. The zero-order valence-corrected chi connectivity index (χ0v) is 11.3. The topological polar surface area (TPSA) is 50.4 Å². The van der Waals surface area contributed by atoms with Gasteiger partial charge in [-0.2, -0.15) is 0 Å². The van der Waals surface area contributed by atoms with Crippen molar-refractivity contribution in [1.29, 1.82) is 0 Å². The van der Waals surface area contributed by atoms with Crippen LogP contribution in [0.1, 0.15) is 9.75 Å². The van der Waals surface area contributed by atoms with E-state index in [9.17, 15) is 4.79 Å². The van der Waals surface area contributed by atoms with Crippen molar-refractivity contribution < 1.29 is 9.53 Å². The van der Waals surface area contributed by atoms with Crippen LogP contribution >= 0.6 is 11.3 Å². The van der Waals surface area contributed by atoms with E-state index in [2.05, 4.69) is 29.7 Å². The van der Waals surface area contributed by atoms with Crippen LogP contribution in [0.2, 0.25) is 0 Å². The van der Waals surface area contributed by atoms with Gasteiger partial charge in [0.1, 0.15) is 5.75 Å². The summed E-state index contributed by atoms with van der Waals surface area (Å²) in [4.78, 5) is 13.9. The van der Waals surface area contributed by atoms with E-state index in [1.54, 1.807) is 11.3 Å². The Morgan fingerprint density at radius 3 is 3.05 bits per heavy atom. The molecule has 0 spiro atoms. The first-order chi connectivity index (χ1) is 9.20. The molecule has 1 aromatic heterocycles. The molecule has 3 rings (SSSR count). The lowest BCUT2D eigenvalue weighted by Gasteiger charge is -2.18. The summed E-state index contributed by atoms with van der Waals surface area (Å²) in [6.45, 7) is 2.97. The number of nitrogens with one attached hydrogen (secondary N) is 2. The average Bonchev–Trinajstić information content (AvgIpc) is 2.81. The molecule has 98 valence electrons. The number of amides is 1. The first-order valence-electron chi connectivity index (χ1n) is 6.06. The highest BCUT2D eigenvalue weighted by molar-refractivity contribution is 7.11. The lowest BCUT2D eigenvalue weighted by atomic mass is 10.2. The standard InChI is InChI=1S/C14H14N2O2S/c1-9-2-4-11(19-9)7-15-10-3-5-13-12(6-10)16-14(17)8-18-13/h2-6,15H,7-8H2,1H3,(H,16,17). The molecule has 1 amide bonds. The van der Waals surface area contributed by atoms with Gasteiger partial charge in [0.15, 0.2) is 6.61 Å². The minimum absolute atomic E-state index is 0.0915. The third-order valence-electron chi connectivity index (χ3n) is 2.88. The van der Waals surface area contributed by atoms with Crippen molar-refractivity contribution in [3.63, 3.8) is 0 Å². The molecule has 0 fully saturated rings. The lowest BCUT2D eigenvalue weighted by molar-refractivity contribution is -0.118. The molecule has 0 radical (unpaired) electrons. The maximum absolute atomic E-state index is 11.3. The Bertz CT molecular complexity index is 622. The first kappa shape index (κ1) is 12.0. The van der Waals surface area contributed by atoms with Crippen molar-refractivity contribution in [2.75, 3.05) is 17.2 Å². The summed E-state index contributed by atoms with van der Waals surface area (Å²) in [7, 11) is 0. The number of ether oxygens (including phenoxy) is 1. The molecule has 0 atom stereocenters. The van der Waals surface area contributed by atoms with E-state index in [0.717, 1.165) is 23.7 Å². The van der Waals surface area contributed by atoms with E-state index in [1.165, 1.54) is 9.75 Å². The van der Waals surface area contributed by atoms with Crippen LogP contribution < -0.4 is 15.4 Å². The minimum atomic E-state index is -0.112. The summed E-state index contributed by atoms with van der Waals surface area (Å²) in [5, 5.41) is 6.14. The van der Waals surface area contributed by atoms with Gasteiger partial charge < -0.3 is 15.4 Å². The molecule has 1 aromatic carbocycles. The zero-order chi connectivity index (χ0) is 13.2. The minimum Gasteiger partial charge on any atom is -0.482 e. The van der Waals surface area contributed by atoms with Crippen molar-refractivity contribution in [2.24, 2.45) is 0 Å². The van der Waals surface area contributed by atoms with Gasteiger partial charge in [-0.3, -0.25) is 4.79 Å². The second kappa shape index (κ2) is 4.93. The number of anilines is 2. The lowest BCUT2D eigenvalue weighted by Crippen LogP contribution is -2.25. The molecule has 5 heteroatoms. The number of benzene rings is 1. The van der Waals surface area contributed by atoms with Crippen LogP contribution in [-0.2, 0) is 11.3 Å². The van der Waals surface area contributed by atoms with Crippen LogP contribution in [0, 0.1) is 6.92 Å². The average molecular weight is 274 g/mol. The highest BCUT2D eigenvalue weighted by Crippen LogP contribution is 2.30. The molecule has 0 bridgehead atoms. The van der Waals surface area contributed by atoms with Crippen molar-refractivity contribution in [2.45, 2.75) is 13.5 Å². The van der Waals surface area contributed by atoms with Gasteiger partial charge in [-0.05, 0) is 37.3 Å². The number of aryl methyl sites for hydroxylation is 1. The van der Waals surface area contributed by atoms with Gasteiger partial charge in [-0.15, -0.1) is 11.3 Å². The van der Waals surface area contributed by atoms with Crippen LogP contribution in [0.15, 0.2) is 30.3 Å². The van der Waals surface area contributed by atoms with Gasteiger partial charge in [-0.1, -0.05) is 0 Å². The van der Waals surface area contributed by atoms with E-state index in [1.807, 2.05) is 18.2 Å². The van der Waals surface area contributed by atoms with E-state index in [-0.39, 0.29) is 12.5 Å². The Morgan fingerprint density at radius 2 is 2.26 bits per heavy atom. The molecule has 0 saturated carbocycles. The van der Waals surface area contributed by atoms with Crippen LogP contribution in [-0.4, -0.2) is 12.5 Å². The Morgan fingerprint density at radius 1 is 1.37 bits per heavy atom. The number of fused-ring (bicyclic) bond motifs is 1. The van der Waals surface area contributed by atoms with Crippen LogP contribution in [0.25, 0.3) is 0 Å². The van der Waals surface area contributed by atoms with Gasteiger partial charge in [-0.25, -0.2) is 0 Å². The van der Waals surface area contributed by atoms with Crippen molar-refractivity contribution >= 4 is 28.6 Å². The van der Waals surface area contributed by atoms with Gasteiger partial charge in [0.05, 0.1) is 5.69 Å². The third-order valence-corrected chi connectivity index (χ3v) is 3.88. The van der Waals surface area contributed by atoms with E-state index in [0.29, 0.717) is 0 Å². The van der Waals surface area contributed by atoms with E-state index < -0.39 is 0 Å². The molecule has 4 nitrogen and oxygen atoms in total. The highest BCUT2D eigenvalue weighted by Gasteiger charge is 2.15. The second-order valence-corrected chi connectivity index (χ2v) is 5.79. The van der Waals surface area contributed by atoms with Gasteiger partial charge >= 0.3 is 0 Å². The molecule has 2 N–H and O–H groups in total. The molecule has 0 aliphatic carbocycles. The fourth-order valence-corrected chi connectivity index (χ4v) is 2.79. The number of hydrogen-bond donors (Lipinski definition) is 2. The molecule has 19 heavy (non-hydrogen) atoms. The summed E-state index contributed by atoms with van der Waals surface area (Å²) in [6.07, 6.45) is 0. The van der Waals surface area contributed by atoms with Gasteiger partial charge in [0.25, 0.3) is 5.91 Å². The first-order valence-corrected chi connectivity index (χ1v) is 6.88. The van der Waals surface area contributed by atoms with Crippen molar-refractivity contribution in [3.05, 3.63) is 40.1 Å². The molecule has 2 aromatic rings. The predicted octanol–water partition coefficient (Wildman–Crippen LogP) is 3.00. The molecule has 2 heterocycles.